The highest BCUT2D eigenvalue weighted by molar-refractivity contribution is 6.20. The van der Waals surface area contributed by atoms with Crippen LogP contribution in [-0.2, 0) is 0 Å². The first kappa shape index (κ1) is 12.0. The van der Waals surface area contributed by atoms with Crippen molar-refractivity contribution in [3.8, 4) is 0 Å². The maximum absolute atomic E-state index is 6.44. The van der Waals surface area contributed by atoms with Gasteiger partial charge in [0.2, 0.25) is 0 Å². The van der Waals surface area contributed by atoms with Crippen molar-refractivity contribution in [3.63, 3.8) is 0 Å². The van der Waals surface area contributed by atoms with Gasteiger partial charge in [0.25, 0.3) is 0 Å². The van der Waals surface area contributed by atoms with Crippen LogP contribution in [0.5, 0.6) is 0 Å². The van der Waals surface area contributed by atoms with Crippen LogP contribution in [0.4, 0.5) is 0 Å². The van der Waals surface area contributed by atoms with Gasteiger partial charge in [-0.1, -0.05) is 55.5 Å². The van der Waals surface area contributed by atoms with E-state index in [4.69, 9.17) is 11.6 Å². The normalized spacial score (nSPS) is 18.9. The highest BCUT2D eigenvalue weighted by Gasteiger charge is 2.17. The molecule has 0 saturated heterocycles. The van der Waals surface area contributed by atoms with Gasteiger partial charge in [-0.25, -0.2) is 0 Å². The van der Waals surface area contributed by atoms with Crippen LogP contribution in [0.2, 0.25) is 0 Å². The molecule has 0 radical (unpaired) electrons. The Bertz CT molecular complexity index is 309. The molecule has 0 aliphatic heterocycles. The molecule has 0 bridgehead atoms. The Labute approximate surface area is 104 Å². The van der Waals surface area contributed by atoms with Crippen molar-refractivity contribution in [2.75, 3.05) is 0 Å². The summed E-state index contributed by atoms with van der Waals surface area (Å²) in [6, 6.07) is 8.64. The van der Waals surface area contributed by atoms with E-state index in [1.807, 2.05) is 0 Å². The fraction of sp³-hybridized carbons (Fsp3) is 0.600. The molecule has 0 amide bonds. The van der Waals surface area contributed by atoms with Crippen molar-refractivity contribution in [2.24, 2.45) is 5.92 Å². The Morgan fingerprint density at radius 2 is 1.81 bits per heavy atom. The molecule has 1 aromatic carbocycles. The van der Waals surface area contributed by atoms with E-state index in [1.165, 1.54) is 43.2 Å². The summed E-state index contributed by atoms with van der Waals surface area (Å²) < 4.78 is 0. The van der Waals surface area contributed by atoms with Gasteiger partial charge in [-0.3, -0.25) is 0 Å². The second-order valence-corrected chi connectivity index (χ2v) is 5.63. The van der Waals surface area contributed by atoms with E-state index in [-0.39, 0.29) is 5.38 Å². The molecule has 1 unspecified atom stereocenters. The van der Waals surface area contributed by atoms with Gasteiger partial charge in [-0.05, 0) is 31.2 Å². The van der Waals surface area contributed by atoms with Crippen LogP contribution < -0.4 is 0 Å². The minimum atomic E-state index is 0.209. The molecular weight excluding hydrogens is 216 g/mol. The minimum Gasteiger partial charge on any atom is -0.118 e. The third-order valence-electron chi connectivity index (χ3n) is 3.74. The van der Waals surface area contributed by atoms with Crippen LogP contribution in [-0.4, -0.2) is 0 Å². The molecule has 16 heavy (non-hydrogen) atoms. The lowest BCUT2D eigenvalue weighted by Gasteiger charge is -2.13. The van der Waals surface area contributed by atoms with Crippen molar-refractivity contribution in [1.82, 2.24) is 0 Å². The van der Waals surface area contributed by atoms with E-state index in [1.54, 1.807) is 0 Å². The molecule has 1 aromatic rings. The summed E-state index contributed by atoms with van der Waals surface area (Å²) in [5.74, 6) is 0.951. The number of benzene rings is 1. The quantitative estimate of drug-likeness (QED) is 0.627. The van der Waals surface area contributed by atoms with Crippen LogP contribution in [0.3, 0.4) is 0 Å². The maximum atomic E-state index is 6.44. The molecule has 0 spiro atoms. The van der Waals surface area contributed by atoms with E-state index in [2.05, 4.69) is 31.2 Å². The van der Waals surface area contributed by atoms with E-state index in [0.29, 0.717) is 0 Å². The Balaban J connectivity index is 1.82. The lowest BCUT2D eigenvalue weighted by atomic mass is 9.98. The fourth-order valence-electron chi connectivity index (χ4n) is 2.62. The van der Waals surface area contributed by atoms with Gasteiger partial charge in [0, 0.05) is 0 Å². The van der Waals surface area contributed by atoms with Crippen molar-refractivity contribution in [2.45, 2.75) is 50.8 Å². The summed E-state index contributed by atoms with van der Waals surface area (Å²) in [6.45, 7) is 2.12. The Kier molecular flexibility index (Phi) is 4.29. The van der Waals surface area contributed by atoms with E-state index in [0.717, 1.165) is 12.3 Å². The molecule has 1 aliphatic rings. The zero-order chi connectivity index (χ0) is 11.4. The van der Waals surface area contributed by atoms with E-state index < -0.39 is 0 Å². The van der Waals surface area contributed by atoms with Crippen LogP contribution in [0, 0.1) is 12.8 Å². The Morgan fingerprint density at radius 1 is 1.19 bits per heavy atom. The average molecular weight is 237 g/mol. The number of halogens is 1. The summed E-state index contributed by atoms with van der Waals surface area (Å²) in [4.78, 5) is 0. The molecule has 1 aliphatic carbocycles. The monoisotopic (exact) mass is 236 g/mol. The molecule has 1 fully saturated rings. The highest BCUT2D eigenvalue weighted by Crippen LogP contribution is 2.33. The van der Waals surface area contributed by atoms with Crippen LogP contribution in [0.15, 0.2) is 24.3 Å². The molecular formula is C15H21Cl. The van der Waals surface area contributed by atoms with Crippen LogP contribution in [0.25, 0.3) is 0 Å². The molecule has 88 valence electrons. The number of aryl methyl sites for hydroxylation is 1. The third kappa shape index (κ3) is 3.25. The Hall–Kier alpha value is -0.490. The van der Waals surface area contributed by atoms with Crippen molar-refractivity contribution >= 4 is 11.6 Å². The molecule has 0 N–H and O–H groups in total. The predicted molar refractivity (Wildman–Crippen MR) is 71.0 cm³/mol. The van der Waals surface area contributed by atoms with Gasteiger partial charge in [0.1, 0.15) is 0 Å². The largest absolute Gasteiger partial charge is 0.118 e. The number of rotatable bonds is 4. The van der Waals surface area contributed by atoms with Crippen molar-refractivity contribution in [3.05, 3.63) is 35.4 Å². The zero-order valence-corrected chi connectivity index (χ0v) is 10.8. The lowest BCUT2D eigenvalue weighted by molar-refractivity contribution is 0.480. The van der Waals surface area contributed by atoms with Crippen LogP contribution >= 0.6 is 11.6 Å². The summed E-state index contributed by atoms with van der Waals surface area (Å²) in [7, 11) is 0. The summed E-state index contributed by atoms with van der Waals surface area (Å²) in [5.41, 5.74) is 2.59. The minimum absolute atomic E-state index is 0.209. The smallest absolute Gasteiger partial charge is 0.0585 e. The first-order chi connectivity index (χ1) is 7.75. The van der Waals surface area contributed by atoms with E-state index >= 15 is 0 Å². The van der Waals surface area contributed by atoms with Crippen molar-refractivity contribution in [1.29, 1.82) is 0 Å². The summed E-state index contributed by atoms with van der Waals surface area (Å²) in [5, 5.41) is 0.209. The molecule has 1 atom stereocenters. The van der Waals surface area contributed by atoms with Crippen molar-refractivity contribution < 1.29 is 0 Å². The number of alkyl halides is 1. The van der Waals surface area contributed by atoms with Crippen LogP contribution in [0.1, 0.15) is 55.0 Å². The molecule has 1 heteroatoms. The number of hydrogen-bond donors (Lipinski definition) is 0. The Morgan fingerprint density at radius 3 is 2.44 bits per heavy atom. The first-order valence-electron chi connectivity index (χ1n) is 6.46. The SMILES string of the molecule is Cc1ccc(C(Cl)CCC2CCCC2)cc1. The molecule has 0 heterocycles. The van der Waals surface area contributed by atoms with E-state index in [9.17, 15) is 0 Å². The lowest BCUT2D eigenvalue weighted by Crippen LogP contribution is -1.97. The molecule has 0 nitrogen and oxygen atoms in total. The standard InChI is InChI=1S/C15H21Cl/c1-12-6-9-14(10-7-12)15(16)11-8-13-4-2-3-5-13/h6-7,9-10,13,15H,2-5,8,11H2,1H3. The van der Waals surface area contributed by atoms with Gasteiger partial charge in [0.15, 0.2) is 0 Å². The van der Waals surface area contributed by atoms with Gasteiger partial charge >= 0.3 is 0 Å². The zero-order valence-electron chi connectivity index (χ0n) is 10.1. The molecule has 1 saturated carbocycles. The number of hydrogen-bond acceptors (Lipinski definition) is 0. The van der Waals surface area contributed by atoms with Gasteiger partial charge in [-0.15, -0.1) is 11.6 Å². The fourth-order valence-corrected chi connectivity index (χ4v) is 2.89. The second kappa shape index (κ2) is 5.72. The molecule has 0 aromatic heterocycles. The highest BCUT2D eigenvalue weighted by atomic mass is 35.5. The van der Waals surface area contributed by atoms with Gasteiger partial charge in [-0.2, -0.15) is 0 Å². The summed E-state index contributed by atoms with van der Waals surface area (Å²) in [6.07, 6.45) is 8.16. The van der Waals surface area contributed by atoms with Gasteiger partial charge in [0.05, 0.1) is 5.38 Å². The topological polar surface area (TPSA) is 0 Å². The van der Waals surface area contributed by atoms with Gasteiger partial charge < -0.3 is 0 Å². The molecule has 2 rings (SSSR count). The second-order valence-electron chi connectivity index (χ2n) is 5.11. The first-order valence-corrected chi connectivity index (χ1v) is 6.90. The summed E-state index contributed by atoms with van der Waals surface area (Å²) >= 11 is 6.44. The third-order valence-corrected chi connectivity index (χ3v) is 4.21. The average Bonchev–Trinajstić information content (AvgIpc) is 2.80. The predicted octanol–water partition coefficient (Wildman–Crippen LogP) is 5.25. The maximum Gasteiger partial charge on any atom is 0.0585 e.